The fraction of sp³-hybridized carbons (Fsp3) is 0.278. The maximum absolute atomic E-state index is 11.9. The molecule has 0 radical (unpaired) electrons. The van der Waals surface area contributed by atoms with E-state index in [0.29, 0.717) is 13.0 Å². The van der Waals surface area contributed by atoms with Crippen LogP contribution in [0.3, 0.4) is 0 Å². The van der Waals surface area contributed by atoms with E-state index >= 15 is 0 Å². The molecule has 0 atom stereocenters. The Labute approximate surface area is 145 Å². The van der Waals surface area contributed by atoms with Crippen LogP contribution < -0.4 is 14.8 Å². The third kappa shape index (κ3) is 5.49. The molecule has 1 amide bonds. The van der Waals surface area contributed by atoms with E-state index in [1.165, 1.54) is 6.07 Å². The summed E-state index contributed by atoms with van der Waals surface area (Å²) in [6, 6.07) is 13.6. The zero-order chi connectivity index (χ0) is 18.1. The minimum absolute atomic E-state index is 0.0804. The van der Waals surface area contributed by atoms with Crippen LogP contribution in [0, 0.1) is 10.1 Å². The maximum atomic E-state index is 11.9. The standard InChI is InChI=1S/C18H20N2O5/c1-24-16-9-4-2-7-14(16)13-19-18(21)11-6-12-25-17-10-5-3-8-15(17)20(22)23/h2-5,7-10H,6,11-13H2,1H3,(H,19,21). The predicted octanol–water partition coefficient (Wildman–Crippen LogP) is 3.08. The Hall–Kier alpha value is -3.09. The van der Waals surface area contributed by atoms with Gasteiger partial charge in [0.05, 0.1) is 18.6 Å². The molecule has 0 heterocycles. The van der Waals surface area contributed by atoms with Crippen molar-refractivity contribution in [2.45, 2.75) is 19.4 Å². The molecule has 2 rings (SSSR count). The minimum atomic E-state index is -0.491. The van der Waals surface area contributed by atoms with E-state index in [-0.39, 0.29) is 30.4 Å². The Morgan fingerprint density at radius 3 is 2.52 bits per heavy atom. The number of methoxy groups -OCH3 is 1. The van der Waals surface area contributed by atoms with Gasteiger partial charge in [-0.25, -0.2) is 0 Å². The van der Waals surface area contributed by atoms with Crippen LogP contribution in [0.25, 0.3) is 0 Å². The lowest BCUT2D eigenvalue weighted by Crippen LogP contribution is -2.23. The molecule has 0 saturated heterocycles. The van der Waals surface area contributed by atoms with Crippen molar-refractivity contribution in [1.29, 1.82) is 0 Å². The molecule has 25 heavy (non-hydrogen) atoms. The number of ether oxygens (including phenoxy) is 2. The molecule has 0 aliphatic carbocycles. The highest BCUT2D eigenvalue weighted by Gasteiger charge is 2.13. The molecule has 132 valence electrons. The average Bonchev–Trinajstić information content (AvgIpc) is 2.64. The molecule has 0 aliphatic heterocycles. The van der Waals surface area contributed by atoms with Crippen LogP contribution in [0.5, 0.6) is 11.5 Å². The highest BCUT2D eigenvalue weighted by atomic mass is 16.6. The summed E-state index contributed by atoms with van der Waals surface area (Å²) in [6.45, 7) is 0.612. The van der Waals surface area contributed by atoms with Gasteiger partial charge in [0.2, 0.25) is 5.91 Å². The van der Waals surface area contributed by atoms with Gasteiger partial charge in [-0.05, 0) is 18.6 Å². The lowest BCUT2D eigenvalue weighted by Gasteiger charge is -2.10. The van der Waals surface area contributed by atoms with E-state index in [1.54, 1.807) is 25.3 Å². The summed E-state index contributed by atoms with van der Waals surface area (Å²) >= 11 is 0. The molecule has 7 nitrogen and oxygen atoms in total. The quantitative estimate of drug-likeness (QED) is 0.429. The molecule has 2 aromatic carbocycles. The number of nitrogens with zero attached hydrogens (tertiary/aromatic N) is 1. The molecule has 0 fully saturated rings. The van der Waals surface area contributed by atoms with Crippen molar-refractivity contribution >= 4 is 11.6 Å². The number of nitrogens with one attached hydrogen (secondary N) is 1. The summed E-state index contributed by atoms with van der Waals surface area (Å²) in [6.07, 6.45) is 0.736. The summed E-state index contributed by atoms with van der Waals surface area (Å²) in [5.41, 5.74) is 0.817. The molecule has 1 N–H and O–H groups in total. The third-order valence-electron chi connectivity index (χ3n) is 3.54. The Bertz CT molecular complexity index is 733. The smallest absolute Gasteiger partial charge is 0.310 e. The number of nitro benzene ring substituents is 1. The van der Waals surface area contributed by atoms with Gasteiger partial charge in [0.25, 0.3) is 0 Å². The molecule has 0 unspecified atom stereocenters. The second-order valence-corrected chi connectivity index (χ2v) is 5.27. The van der Waals surface area contributed by atoms with Crippen molar-refractivity contribution in [3.8, 4) is 11.5 Å². The van der Waals surface area contributed by atoms with Gasteiger partial charge in [-0.1, -0.05) is 30.3 Å². The monoisotopic (exact) mass is 344 g/mol. The summed E-state index contributed by atoms with van der Waals surface area (Å²) < 4.78 is 10.6. The normalized spacial score (nSPS) is 10.1. The summed E-state index contributed by atoms with van der Waals surface area (Å²) in [5, 5.41) is 13.7. The largest absolute Gasteiger partial charge is 0.496 e. The topological polar surface area (TPSA) is 90.7 Å². The SMILES string of the molecule is COc1ccccc1CNC(=O)CCCOc1ccccc1[N+](=O)[O-]. The fourth-order valence-electron chi connectivity index (χ4n) is 2.28. The maximum Gasteiger partial charge on any atom is 0.310 e. The highest BCUT2D eigenvalue weighted by molar-refractivity contribution is 5.75. The van der Waals surface area contributed by atoms with Crippen molar-refractivity contribution in [2.75, 3.05) is 13.7 Å². The second-order valence-electron chi connectivity index (χ2n) is 5.27. The first-order valence-electron chi connectivity index (χ1n) is 7.86. The summed E-state index contributed by atoms with van der Waals surface area (Å²) in [7, 11) is 1.58. The predicted molar refractivity (Wildman–Crippen MR) is 92.7 cm³/mol. The summed E-state index contributed by atoms with van der Waals surface area (Å²) in [5.74, 6) is 0.821. The van der Waals surface area contributed by atoms with Crippen LogP contribution in [-0.4, -0.2) is 24.5 Å². The van der Waals surface area contributed by atoms with Crippen molar-refractivity contribution in [2.24, 2.45) is 0 Å². The first-order valence-corrected chi connectivity index (χ1v) is 7.86. The number of benzene rings is 2. The van der Waals surface area contributed by atoms with Crippen LogP contribution in [0.2, 0.25) is 0 Å². The van der Waals surface area contributed by atoms with E-state index in [0.717, 1.165) is 11.3 Å². The van der Waals surface area contributed by atoms with Gasteiger partial charge >= 0.3 is 5.69 Å². The molecular weight excluding hydrogens is 324 g/mol. The van der Waals surface area contributed by atoms with Gasteiger partial charge in [-0.2, -0.15) is 0 Å². The van der Waals surface area contributed by atoms with Crippen molar-refractivity contribution in [1.82, 2.24) is 5.32 Å². The number of hydrogen-bond donors (Lipinski definition) is 1. The molecule has 7 heteroatoms. The molecular formula is C18H20N2O5. The van der Waals surface area contributed by atoms with E-state index in [1.807, 2.05) is 24.3 Å². The molecule has 0 aliphatic rings. The Morgan fingerprint density at radius 2 is 1.80 bits per heavy atom. The van der Waals surface area contributed by atoms with Gasteiger partial charge in [-0.15, -0.1) is 0 Å². The minimum Gasteiger partial charge on any atom is -0.496 e. The summed E-state index contributed by atoms with van der Waals surface area (Å²) in [4.78, 5) is 22.3. The average molecular weight is 344 g/mol. The number of nitro groups is 1. The zero-order valence-corrected chi connectivity index (χ0v) is 13.9. The first kappa shape index (κ1) is 18.3. The number of hydrogen-bond acceptors (Lipinski definition) is 5. The molecule has 0 aromatic heterocycles. The number of para-hydroxylation sites is 3. The van der Waals surface area contributed by atoms with Gasteiger partial charge in [0.1, 0.15) is 5.75 Å². The lowest BCUT2D eigenvalue weighted by molar-refractivity contribution is -0.385. The molecule has 2 aromatic rings. The van der Waals surface area contributed by atoms with E-state index in [9.17, 15) is 14.9 Å². The first-order chi connectivity index (χ1) is 12.1. The number of rotatable bonds is 9. The van der Waals surface area contributed by atoms with Crippen molar-refractivity contribution in [3.63, 3.8) is 0 Å². The van der Waals surface area contributed by atoms with Gasteiger partial charge in [0, 0.05) is 24.6 Å². The third-order valence-corrected chi connectivity index (χ3v) is 3.54. The second kappa shape index (κ2) is 9.27. The van der Waals surface area contributed by atoms with Crippen LogP contribution >= 0.6 is 0 Å². The van der Waals surface area contributed by atoms with E-state index in [2.05, 4.69) is 5.32 Å². The van der Waals surface area contributed by atoms with Crippen LogP contribution in [0.4, 0.5) is 5.69 Å². The van der Waals surface area contributed by atoms with Gasteiger partial charge in [-0.3, -0.25) is 14.9 Å². The molecule has 0 spiro atoms. The highest BCUT2D eigenvalue weighted by Crippen LogP contribution is 2.25. The lowest BCUT2D eigenvalue weighted by atomic mass is 10.2. The Morgan fingerprint density at radius 1 is 1.12 bits per heavy atom. The molecule has 0 saturated carbocycles. The zero-order valence-electron chi connectivity index (χ0n) is 13.9. The number of amides is 1. The Balaban J connectivity index is 1.73. The van der Waals surface area contributed by atoms with E-state index < -0.39 is 4.92 Å². The van der Waals surface area contributed by atoms with Crippen LogP contribution in [0.15, 0.2) is 48.5 Å². The van der Waals surface area contributed by atoms with Gasteiger partial charge < -0.3 is 14.8 Å². The van der Waals surface area contributed by atoms with Crippen LogP contribution in [0.1, 0.15) is 18.4 Å². The number of carbonyl (C=O) groups excluding carboxylic acids is 1. The fourth-order valence-corrected chi connectivity index (χ4v) is 2.28. The molecule has 0 bridgehead atoms. The van der Waals surface area contributed by atoms with Gasteiger partial charge in [0.15, 0.2) is 5.75 Å². The van der Waals surface area contributed by atoms with Crippen molar-refractivity contribution < 1.29 is 19.2 Å². The Kier molecular flexibility index (Phi) is 6.76. The number of carbonyl (C=O) groups is 1. The van der Waals surface area contributed by atoms with Crippen molar-refractivity contribution in [3.05, 3.63) is 64.2 Å². The van der Waals surface area contributed by atoms with Crippen LogP contribution in [-0.2, 0) is 11.3 Å². The van der Waals surface area contributed by atoms with E-state index in [4.69, 9.17) is 9.47 Å².